The molecule has 0 aliphatic carbocycles. The number of halogens is 1. The van der Waals surface area contributed by atoms with E-state index >= 15 is 0 Å². The van der Waals surface area contributed by atoms with Gasteiger partial charge in [0.05, 0.1) is 24.2 Å². The van der Waals surface area contributed by atoms with Crippen LogP contribution in [0.5, 0.6) is 5.75 Å². The highest BCUT2D eigenvalue weighted by Gasteiger charge is 2.09. The number of hydrogen-bond donors (Lipinski definition) is 2. The molecule has 4 nitrogen and oxygen atoms in total. The van der Waals surface area contributed by atoms with Gasteiger partial charge in [-0.25, -0.2) is 4.39 Å². The highest BCUT2D eigenvalue weighted by atomic mass is 32.2. The van der Waals surface area contributed by atoms with Gasteiger partial charge in [0.2, 0.25) is 5.91 Å². The van der Waals surface area contributed by atoms with Crippen LogP contribution in [-0.4, -0.2) is 18.8 Å². The third kappa shape index (κ3) is 4.13. The van der Waals surface area contributed by atoms with Crippen molar-refractivity contribution < 1.29 is 13.9 Å². The Balaban J connectivity index is 1.97. The van der Waals surface area contributed by atoms with Crippen molar-refractivity contribution in [1.82, 2.24) is 0 Å². The maximum absolute atomic E-state index is 13.1. The Morgan fingerprint density at radius 2 is 2.10 bits per heavy atom. The molecule has 2 aromatic carbocycles. The van der Waals surface area contributed by atoms with Crippen molar-refractivity contribution >= 4 is 29.0 Å². The number of ether oxygens (including phenoxy) is 1. The Hall–Kier alpha value is -2.21. The van der Waals surface area contributed by atoms with Crippen molar-refractivity contribution in [1.29, 1.82) is 0 Å². The molecule has 2 aromatic rings. The van der Waals surface area contributed by atoms with Crippen LogP contribution in [-0.2, 0) is 4.79 Å². The molecular weight excluding hydrogens is 291 g/mol. The van der Waals surface area contributed by atoms with E-state index in [4.69, 9.17) is 10.5 Å². The van der Waals surface area contributed by atoms with Gasteiger partial charge in [0.25, 0.3) is 0 Å². The predicted molar refractivity (Wildman–Crippen MR) is 83.2 cm³/mol. The van der Waals surface area contributed by atoms with Gasteiger partial charge in [0.1, 0.15) is 11.6 Å². The van der Waals surface area contributed by atoms with Gasteiger partial charge in [-0.3, -0.25) is 4.79 Å². The molecule has 0 atom stereocenters. The zero-order valence-corrected chi connectivity index (χ0v) is 12.2. The Labute approximate surface area is 126 Å². The van der Waals surface area contributed by atoms with Gasteiger partial charge in [-0.2, -0.15) is 0 Å². The maximum atomic E-state index is 13.1. The summed E-state index contributed by atoms with van der Waals surface area (Å²) in [5, 5.41) is 2.59. The molecule has 2 rings (SSSR count). The summed E-state index contributed by atoms with van der Waals surface area (Å²) in [5.41, 5.74) is 6.29. The summed E-state index contributed by atoms with van der Waals surface area (Å²) in [6.45, 7) is 0. The molecule has 0 aromatic heterocycles. The van der Waals surface area contributed by atoms with Crippen LogP contribution in [0.2, 0.25) is 0 Å². The van der Waals surface area contributed by atoms with Gasteiger partial charge >= 0.3 is 0 Å². The quantitative estimate of drug-likeness (QED) is 0.658. The fourth-order valence-electron chi connectivity index (χ4n) is 1.70. The lowest BCUT2D eigenvalue weighted by atomic mass is 10.2. The molecule has 0 fully saturated rings. The van der Waals surface area contributed by atoms with Crippen LogP contribution in [0.1, 0.15) is 0 Å². The minimum atomic E-state index is -0.447. The van der Waals surface area contributed by atoms with E-state index in [2.05, 4.69) is 5.32 Å². The number of methoxy groups -OCH3 is 1. The lowest BCUT2D eigenvalue weighted by Gasteiger charge is -2.09. The molecule has 1 amide bonds. The highest BCUT2D eigenvalue weighted by Crippen LogP contribution is 2.29. The number of benzene rings is 2. The number of hydrogen-bond acceptors (Lipinski definition) is 4. The maximum Gasteiger partial charge on any atom is 0.234 e. The normalized spacial score (nSPS) is 10.2. The van der Waals surface area contributed by atoms with E-state index in [9.17, 15) is 9.18 Å². The molecule has 3 N–H and O–H groups in total. The number of nitrogens with one attached hydrogen (secondary N) is 1. The summed E-state index contributed by atoms with van der Waals surface area (Å²) in [6, 6.07) is 11.3. The molecule has 0 heterocycles. The van der Waals surface area contributed by atoms with Crippen molar-refractivity contribution in [2.24, 2.45) is 0 Å². The molecule has 0 saturated heterocycles. The van der Waals surface area contributed by atoms with Gasteiger partial charge in [0.15, 0.2) is 0 Å². The standard InChI is InChI=1S/C15H15FN2O2S/c1-20-13-4-2-3-5-14(13)21-9-15(19)18-12-8-10(16)6-7-11(12)17/h2-8H,9,17H2,1H3,(H,18,19). The third-order valence-electron chi connectivity index (χ3n) is 2.72. The van der Waals surface area contributed by atoms with Gasteiger partial charge in [-0.1, -0.05) is 12.1 Å². The fourth-order valence-corrected chi connectivity index (χ4v) is 2.53. The first-order valence-corrected chi connectivity index (χ1v) is 7.19. The molecule has 110 valence electrons. The zero-order chi connectivity index (χ0) is 15.2. The summed E-state index contributed by atoms with van der Waals surface area (Å²) in [7, 11) is 1.58. The smallest absolute Gasteiger partial charge is 0.234 e. The summed E-state index contributed by atoms with van der Waals surface area (Å²) < 4.78 is 18.3. The van der Waals surface area contributed by atoms with Crippen LogP contribution in [0.3, 0.4) is 0 Å². The second kappa shape index (κ2) is 6.99. The Bertz CT molecular complexity index is 649. The second-order valence-corrected chi connectivity index (χ2v) is 5.24. The number of carbonyl (C=O) groups excluding carboxylic acids is 1. The molecule has 0 spiro atoms. The Kier molecular flexibility index (Phi) is 5.05. The van der Waals surface area contributed by atoms with Crippen molar-refractivity contribution in [3.63, 3.8) is 0 Å². The van der Waals surface area contributed by atoms with E-state index in [1.165, 1.54) is 30.0 Å². The van der Waals surface area contributed by atoms with Crippen LogP contribution >= 0.6 is 11.8 Å². The third-order valence-corrected chi connectivity index (χ3v) is 3.77. The Morgan fingerprint density at radius 1 is 1.33 bits per heavy atom. The van der Waals surface area contributed by atoms with Crippen LogP contribution in [0.4, 0.5) is 15.8 Å². The molecule has 0 radical (unpaired) electrons. The van der Waals surface area contributed by atoms with Crippen LogP contribution in [0.25, 0.3) is 0 Å². The van der Waals surface area contributed by atoms with Gasteiger partial charge in [-0.15, -0.1) is 11.8 Å². The SMILES string of the molecule is COc1ccccc1SCC(=O)Nc1cc(F)ccc1N. The fraction of sp³-hybridized carbons (Fsp3) is 0.133. The molecule has 6 heteroatoms. The van der Waals surface area contributed by atoms with E-state index in [0.717, 1.165) is 4.90 Å². The molecule has 0 aliphatic rings. The number of nitrogen functional groups attached to an aromatic ring is 1. The van der Waals surface area contributed by atoms with Crippen molar-refractivity contribution in [3.05, 3.63) is 48.3 Å². The number of carbonyl (C=O) groups is 1. The first kappa shape index (κ1) is 15.2. The van der Waals surface area contributed by atoms with Crippen LogP contribution in [0.15, 0.2) is 47.4 Å². The highest BCUT2D eigenvalue weighted by molar-refractivity contribution is 8.00. The first-order chi connectivity index (χ1) is 10.1. The van der Waals surface area contributed by atoms with E-state index in [1.807, 2.05) is 24.3 Å². The Morgan fingerprint density at radius 3 is 2.86 bits per heavy atom. The summed E-state index contributed by atoms with van der Waals surface area (Å²) >= 11 is 1.34. The topological polar surface area (TPSA) is 64.3 Å². The molecule has 21 heavy (non-hydrogen) atoms. The minimum absolute atomic E-state index is 0.177. The molecule has 0 unspecified atom stereocenters. The minimum Gasteiger partial charge on any atom is -0.496 e. The molecule has 0 saturated carbocycles. The first-order valence-electron chi connectivity index (χ1n) is 6.21. The van der Waals surface area contributed by atoms with E-state index in [-0.39, 0.29) is 17.3 Å². The number of amides is 1. The molecular formula is C15H15FN2O2S. The lowest BCUT2D eigenvalue weighted by Crippen LogP contribution is -2.15. The van der Waals surface area contributed by atoms with Crippen LogP contribution in [0, 0.1) is 5.82 Å². The van der Waals surface area contributed by atoms with Gasteiger partial charge in [0, 0.05) is 4.90 Å². The van der Waals surface area contributed by atoms with E-state index < -0.39 is 5.82 Å². The van der Waals surface area contributed by atoms with Crippen molar-refractivity contribution in [2.45, 2.75) is 4.90 Å². The number of thioether (sulfide) groups is 1. The van der Waals surface area contributed by atoms with Gasteiger partial charge in [-0.05, 0) is 30.3 Å². The number of anilines is 2. The zero-order valence-electron chi connectivity index (χ0n) is 11.4. The average Bonchev–Trinajstić information content (AvgIpc) is 2.49. The average molecular weight is 306 g/mol. The van der Waals surface area contributed by atoms with Crippen LogP contribution < -0.4 is 15.8 Å². The monoisotopic (exact) mass is 306 g/mol. The number of rotatable bonds is 5. The predicted octanol–water partition coefficient (Wildman–Crippen LogP) is 3.15. The largest absolute Gasteiger partial charge is 0.496 e. The number of para-hydroxylation sites is 1. The summed E-state index contributed by atoms with van der Waals surface area (Å²) in [4.78, 5) is 12.8. The molecule has 0 aliphatic heterocycles. The van der Waals surface area contributed by atoms with E-state index in [1.54, 1.807) is 7.11 Å². The van der Waals surface area contributed by atoms with Crippen molar-refractivity contribution in [3.8, 4) is 5.75 Å². The van der Waals surface area contributed by atoms with Gasteiger partial charge < -0.3 is 15.8 Å². The summed E-state index contributed by atoms with van der Waals surface area (Å²) in [6.07, 6.45) is 0. The lowest BCUT2D eigenvalue weighted by molar-refractivity contribution is -0.113. The second-order valence-electron chi connectivity index (χ2n) is 4.22. The summed E-state index contributed by atoms with van der Waals surface area (Å²) in [5.74, 6) is 0.178. The van der Waals surface area contributed by atoms with E-state index in [0.29, 0.717) is 11.4 Å². The van der Waals surface area contributed by atoms with Crippen molar-refractivity contribution in [2.75, 3.05) is 23.9 Å². The number of nitrogens with two attached hydrogens (primary N) is 1. The molecule has 0 bridgehead atoms.